The summed E-state index contributed by atoms with van der Waals surface area (Å²) in [7, 11) is 0. The van der Waals surface area contributed by atoms with E-state index in [1.807, 2.05) is 6.20 Å². The number of nitrogens with one attached hydrogen (secondary N) is 1. The molecule has 0 spiro atoms. The van der Waals surface area contributed by atoms with Gasteiger partial charge in [0.15, 0.2) is 0 Å². The highest BCUT2D eigenvalue weighted by Gasteiger charge is 2.16. The highest BCUT2D eigenvalue weighted by Crippen LogP contribution is 2.11. The van der Waals surface area contributed by atoms with Crippen LogP contribution in [0.5, 0.6) is 0 Å². The van der Waals surface area contributed by atoms with Gasteiger partial charge in [0.2, 0.25) is 0 Å². The zero-order chi connectivity index (χ0) is 12.3. The Kier molecular flexibility index (Phi) is 7.56. The summed E-state index contributed by atoms with van der Waals surface area (Å²) in [6, 6.07) is 0. The number of allylic oxidation sites excluding steroid dienone is 2. The van der Waals surface area contributed by atoms with Gasteiger partial charge in [0, 0.05) is 25.5 Å². The molecule has 3 nitrogen and oxygen atoms in total. The van der Waals surface area contributed by atoms with Gasteiger partial charge in [0.1, 0.15) is 0 Å². The molecule has 1 aliphatic heterocycles. The maximum absolute atomic E-state index is 5.58. The molecule has 3 heteroatoms. The second kappa shape index (κ2) is 9.11. The third kappa shape index (κ3) is 5.78. The molecule has 0 saturated carbocycles. The van der Waals surface area contributed by atoms with Gasteiger partial charge < -0.3 is 16.0 Å². The van der Waals surface area contributed by atoms with Crippen LogP contribution in [0.4, 0.5) is 0 Å². The summed E-state index contributed by atoms with van der Waals surface area (Å²) in [4.78, 5) is 2.29. The van der Waals surface area contributed by atoms with Crippen molar-refractivity contribution in [3.8, 4) is 0 Å². The average Bonchev–Trinajstić information content (AvgIpc) is 2.76. The second-order valence-corrected chi connectivity index (χ2v) is 4.57. The van der Waals surface area contributed by atoms with E-state index in [0.717, 1.165) is 13.1 Å². The molecule has 1 atom stereocenters. The Bertz CT molecular complexity index is 236. The first kappa shape index (κ1) is 14.1. The molecule has 1 rings (SSSR count). The molecule has 1 aliphatic rings. The molecule has 17 heavy (non-hydrogen) atoms. The van der Waals surface area contributed by atoms with E-state index in [2.05, 4.69) is 35.5 Å². The van der Waals surface area contributed by atoms with Gasteiger partial charge in [0.25, 0.3) is 0 Å². The minimum atomic E-state index is 0.461. The fourth-order valence-electron chi connectivity index (χ4n) is 2.06. The summed E-state index contributed by atoms with van der Waals surface area (Å²) in [5.41, 5.74) is 5.58. The summed E-state index contributed by atoms with van der Waals surface area (Å²) in [5.74, 6) is 0. The highest BCUT2D eigenvalue weighted by molar-refractivity contribution is 4.94. The van der Waals surface area contributed by atoms with E-state index in [0.29, 0.717) is 6.17 Å². The predicted octanol–water partition coefficient (Wildman–Crippen LogP) is 2.56. The Morgan fingerprint density at radius 3 is 2.76 bits per heavy atom. The van der Waals surface area contributed by atoms with E-state index in [4.69, 9.17) is 5.73 Å². The molecular weight excluding hydrogens is 210 g/mol. The number of hydrogen-bond acceptors (Lipinski definition) is 3. The van der Waals surface area contributed by atoms with Crippen molar-refractivity contribution in [2.24, 2.45) is 5.73 Å². The van der Waals surface area contributed by atoms with Crippen LogP contribution in [0.2, 0.25) is 0 Å². The van der Waals surface area contributed by atoms with Crippen LogP contribution in [0.25, 0.3) is 0 Å². The van der Waals surface area contributed by atoms with Crippen LogP contribution in [0.15, 0.2) is 24.6 Å². The van der Waals surface area contributed by atoms with Gasteiger partial charge in [-0.05, 0) is 25.7 Å². The first-order chi connectivity index (χ1) is 8.38. The van der Waals surface area contributed by atoms with E-state index in [1.165, 1.54) is 38.5 Å². The smallest absolute Gasteiger partial charge is 0.0981 e. The van der Waals surface area contributed by atoms with E-state index in [1.54, 1.807) is 0 Å². The largest absolute Gasteiger partial charge is 0.370 e. The summed E-state index contributed by atoms with van der Waals surface area (Å²) in [5, 5.41) is 3.37. The predicted molar refractivity (Wildman–Crippen MR) is 74.3 cm³/mol. The van der Waals surface area contributed by atoms with Crippen molar-refractivity contribution in [2.75, 3.05) is 13.1 Å². The van der Waals surface area contributed by atoms with Crippen molar-refractivity contribution in [3.63, 3.8) is 0 Å². The maximum atomic E-state index is 5.58. The fraction of sp³-hybridized carbons (Fsp3) is 0.714. The molecule has 0 fully saturated rings. The summed E-state index contributed by atoms with van der Waals surface area (Å²) in [6.07, 6.45) is 16.7. The van der Waals surface area contributed by atoms with Crippen molar-refractivity contribution in [1.82, 2.24) is 10.2 Å². The molecule has 0 saturated heterocycles. The molecule has 0 bridgehead atoms. The molecule has 1 heterocycles. The molecule has 0 aromatic carbocycles. The van der Waals surface area contributed by atoms with Crippen LogP contribution in [-0.2, 0) is 0 Å². The molecule has 1 unspecified atom stereocenters. The van der Waals surface area contributed by atoms with Crippen molar-refractivity contribution < 1.29 is 0 Å². The minimum Gasteiger partial charge on any atom is -0.370 e. The van der Waals surface area contributed by atoms with Gasteiger partial charge in [0.05, 0.1) is 6.17 Å². The second-order valence-electron chi connectivity index (χ2n) is 4.57. The SMILES string of the molecule is CCCC/C=C/CCCC1NC=CN1CCN. The summed E-state index contributed by atoms with van der Waals surface area (Å²) >= 11 is 0. The number of hydrogen-bond donors (Lipinski definition) is 2. The number of nitrogens with zero attached hydrogens (tertiary/aromatic N) is 1. The molecule has 0 amide bonds. The third-order valence-electron chi connectivity index (χ3n) is 3.08. The van der Waals surface area contributed by atoms with Gasteiger partial charge in [-0.25, -0.2) is 0 Å². The standard InChI is InChI=1S/C14H27N3/c1-2-3-4-5-6-7-8-9-14-16-11-13-17(14)12-10-15/h5-6,11,13-14,16H,2-4,7-10,12,15H2,1H3/b6-5+. The van der Waals surface area contributed by atoms with Gasteiger partial charge in [-0.1, -0.05) is 31.9 Å². The fourth-order valence-corrected chi connectivity index (χ4v) is 2.06. The van der Waals surface area contributed by atoms with Crippen molar-refractivity contribution >= 4 is 0 Å². The van der Waals surface area contributed by atoms with E-state index < -0.39 is 0 Å². The zero-order valence-electron chi connectivity index (χ0n) is 11.1. The Morgan fingerprint density at radius 2 is 2.06 bits per heavy atom. The summed E-state index contributed by atoms with van der Waals surface area (Å²) < 4.78 is 0. The Balaban J connectivity index is 2.04. The minimum absolute atomic E-state index is 0.461. The summed E-state index contributed by atoms with van der Waals surface area (Å²) in [6.45, 7) is 3.90. The quantitative estimate of drug-likeness (QED) is 0.478. The first-order valence-electron chi connectivity index (χ1n) is 6.92. The molecule has 0 aliphatic carbocycles. The normalized spacial score (nSPS) is 19.2. The molecule has 0 aromatic rings. The number of rotatable bonds is 9. The van der Waals surface area contributed by atoms with E-state index >= 15 is 0 Å². The van der Waals surface area contributed by atoms with Gasteiger partial charge in [-0.3, -0.25) is 0 Å². The topological polar surface area (TPSA) is 41.3 Å². The lowest BCUT2D eigenvalue weighted by molar-refractivity contribution is 0.267. The monoisotopic (exact) mass is 237 g/mol. The Hall–Kier alpha value is -0.960. The zero-order valence-corrected chi connectivity index (χ0v) is 11.1. The molecule has 3 N–H and O–H groups in total. The van der Waals surface area contributed by atoms with Crippen LogP contribution in [-0.4, -0.2) is 24.2 Å². The Labute approximate surface area is 106 Å². The molecule has 98 valence electrons. The van der Waals surface area contributed by atoms with Crippen molar-refractivity contribution in [1.29, 1.82) is 0 Å². The van der Waals surface area contributed by atoms with Crippen LogP contribution in [0.1, 0.15) is 45.4 Å². The Morgan fingerprint density at radius 1 is 1.29 bits per heavy atom. The van der Waals surface area contributed by atoms with E-state index in [-0.39, 0.29) is 0 Å². The van der Waals surface area contributed by atoms with Crippen molar-refractivity contribution in [3.05, 3.63) is 24.6 Å². The maximum Gasteiger partial charge on any atom is 0.0981 e. The third-order valence-corrected chi connectivity index (χ3v) is 3.08. The highest BCUT2D eigenvalue weighted by atomic mass is 15.3. The van der Waals surface area contributed by atoms with Crippen LogP contribution in [0.3, 0.4) is 0 Å². The first-order valence-corrected chi connectivity index (χ1v) is 6.92. The lowest BCUT2D eigenvalue weighted by Gasteiger charge is -2.24. The molecule has 0 radical (unpaired) electrons. The molecule has 0 aromatic heterocycles. The van der Waals surface area contributed by atoms with Gasteiger partial charge >= 0.3 is 0 Å². The average molecular weight is 237 g/mol. The lowest BCUT2D eigenvalue weighted by Crippen LogP contribution is -2.37. The van der Waals surface area contributed by atoms with Gasteiger partial charge in [-0.2, -0.15) is 0 Å². The molecular formula is C14H27N3. The van der Waals surface area contributed by atoms with Crippen molar-refractivity contribution in [2.45, 2.75) is 51.6 Å². The van der Waals surface area contributed by atoms with Crippen LogP contribution < -0.4 is 11.1 Å². The number of unbranched alkanes of at least 4 members (excludes halogenated alkanes) is 3. The lowest BCUT2D eigenvalue weighted by atomic mass is 10.1. The van der Waals surface area contributed by atoms with Crippen LogP contribution in [0, 0.1) is 0 Å². The van der Waals surface area contributed by atoms with E-state index in [9.17, 15) is 0 Å². The van der Waals surface area contributed by atoms with Crippen LogP contribution >= 0.6 is 0 Å². The number of nitrogens with two attached hydrogens (primary N) is 1. The van der Waals surface area contributed by atoms with Gasteiger partial charge in [-0.15, -0.1) is 0 Å².